The van der Waals surface area contributed by atoms with Crippen molar-refractivity contribution in [1.29, 1.82) is 0 Å². The molecule has 1 aromatic heterocycles. The standard InChI is InChI=1S/C6H9N3O.2ClH/c1-10-6-5(9-7)3-2-4-8-6;;/h2-4,9H,7H2,1H3;2*1H. The second kappa shape index (κ2) is 6.97. The Bertz CT molecular complexity index is 199. The quantitative estimate of drug-likeness (QED) is 0.571. The highest BCUT2D eigenvalue weighted by atomic mass is 35.5. The van der Waals surface area contributed by atoms with Crippen LogP contribution in [0.1, 0.15) is 0 Å². The molecule has 70 valence electrons. The SMILES string of the molecule is COc1ncccc1NN.Cl.Cl. The number of methoxy groups -OCH3 is 1. The fraction of sp³-hybridized carbons (Fsp3) is 0.167. The van der Waals surface area contributed by atoms with Gasteiger partial charge in [0.05, 0.1) is 7.11 Å². The number of aromatic nitrogens is 1. The smallest absolute Gasteiger partial charge is 0.238 e. The molecule has 1 heterocycles. The number of hydrogen-bond donors (Lipinski definition) is 2. The van der Waals surface area contributed by atoms with E-state index in [0.29, 0.717) is 11.6 Å². The number of nitrogens with one attached hydrogen (secondary N) is 1. The lowest BCUT2D eigenvalue weighted by Crippen LogP contribution is -2.08. The van der Waals surface area contributed by atoms with Crippen molar-refractivity contribution in [2.24, 2.45) is 5.84 Å². The van der Waals surface area contributed by atoms with E-state index in [4.69, 9.17) is 10.6 Å². The summed E-state index contributed by atoms with van der Waals surface area (Å²) in [6, 6.07) is 3.56. The number of anilines is 1. The molecule has 0 fully saturated rings. The molecule has 0 amide bonds. The van der Waals surface area contributed by atoms with E-state index in [9.17, 15) is 0 Å². The van der Waals surface area contributed by atoms with Gasteiger partial charge in [-0.15, -0.1) is 24.8 Å². The molecular weight excluding hydrogens is 201 g/mol. The molecular formula is C6H11Cl2N3O. The van der Waals surface area contributed by atoms with E-state index in [2.05, 4.69) is 10.4 Å². The molecule has 4 nitrogen and oxygen atoms in total. The average molecular weight is 212 g/mol. The number of halogens is 2. The predicted molar refractivity (Wildman–Crippen MR) is 53.1 cm³/mol. The van der Waals surface area contributed by atoms with Crippen LogP contribution in [-0.4, -0.2) is 12.1 Å². The van der Waals surface area contributed by atoms with Gasteiger partial charge in [0.15, 0.2) is 0 Å². The van der Waals surface area contributed by atoms with E-state index in [-0.39, 0.29) is 24.8 Å². The maximum absolute atomic E-state index is 5.16. The third-order valence-electron chi connectivity index (χ3n) is 1.12. The Morgan fingerprint density at radius 2 is 2.17 bits per heavy atom. The summed E-state index contributed by atoms with van der Waals surface area (Å²) in [6.45, 7) is 0. The molecule has 0 aromatic carbocycles. The first-order valence-electron chi connectivity index (χ1n) is 2.84. The molecule has 1 aromatic rings. The molecule has 0 aliphatic carbocycles. The minimum atomic E-state index is 0. The Hall–Kier alpha value is -0.710. The highest BCUT2D eigenvalue weighted by molar-refractivity contribution is 5.85. The first kappa shape index (κ1) is 13.9. The van der Waals surface area contributed by atoms with Crippen LogP contribution in [0.4, 0.5) is 5.69 Å². The van der Waals surface area contributed by atoms with Gasteiger partial charge in [-0.05, 0) is 12.1 Å². The highest BCUT2D eigenvalue weighted by Gasteiger charge is 1.97. The minimum absolute atomic E-state index is 0. The molecule has 1 rings (SSSR count). The normalized spacial score (nSPS) is 7.50. The van der Waals surface area contributed by atoms with Crippen molar-refractivity contribution in [2.75, 3.05) is 12.5 Å². The Balaban J connectivity index is 0. The molecule has 12 heavy (non-hydrogen) atoms. The minimum Gasteiger partial charge on any atom is -0.479 e. The van der Waals surface area contributed by atoms with Gasteiger partial charge >= 0.3 is 0 Å². The fourth-order valence-corrected chi connectivity index (χ4v) is 0.663. The largest absolute Gasteiger partial charge is 0.479 e. The Morgan fingerprint density at radius 3 is 2.58 bits per heavy atom. The van der Waals surface area contributed by atoms with E-state index in [0.717, 1.165) is 0 Å². The number of hydrogen-bond acceptors (Lipinski definition) is 4. The zero-order valence-electron chi connectivity index (χ0n) is 6.48. The molecule has 3 N–H and O–H groups in total. The topological polar surface area (TPSA) is 60.2 Å². The molecule has 6 heteroatoms. The summed E-state index contributed by atoms with van der Waals surface area (Å²) in [4.78, 5) is 3.90. The first-order chi connectivity index (χ1) is 4.88. The van der Waals surface area contributed by atoms with Crippen molar-refractivity contribution in [1.82, 2.24) is 4.98 Å². The van der Waals surface area contributed by atoms with Gasteiger partial charge in [-0.1, -0.05) is 0 Å². The predicted octanol–water partition coefficient (Wildman–Crippen LogP) is 1.22. The zero-order chi connectivity index (χ0) is 7.40. The van der Waals surface area contributed by atoms with Crippen molar-refractivity contribution in [3.8, 4) is 5.88 Å². The summed E-state index contributed by atoms with van der Waals surface area (Å²) in [7, 11) is 1.54. The van der Waals surface area contributed by atoms with Crippen molar-refractivity contribution >= 4 is 30.5 Å². The number of hydrazine groups is 1. The lowest BCUT2D eigenvalue weighted by atomic mass is 10.4. The molecule has 0 aliphatic heterocycles. The first-order valence-corrected chi connectivity index (χ1v) is 2.84. The van der Waals surface area contributed by atoms with Gasteiger partial charge in [0.25, 0.3) is 0 Å². The van der Waals surface area contributed by atoms with Crippen LogP contribution in [0.2, 0.25) is 0 Å². The van der Waals surface area contributed by atoms with Gasteiger partial charge in [-0.3, -0.25) is 5.84 Å². The van der Waals surface area contributed by atoms with Gasteiger partial charge in [0.1, 0.15) is 5.69 Å². The average Bonchev–Trinajstić information content (AvgIpc) is 2.04. The number of nitrogens with two attached hydrogens (primary N) is 1. The molecule has 0 spiro atoms. The molecule has 0 atom stereocenters. The molecule has 0 radical (unpaired) electrons. The van der Waals surface area contributed by atoms with E-state index >= 15 is 0 Å². The third kappa shape index (κ3) is 3.13. The van der Waals surface area contributed by atoms with Crippen LogP contribution in [0.5, 0.6) is 5.88 Å². The van der Waals surface area contributed by atoms with Crippen LogP contribution in [0.25, 0.3) is 0 Å². The maximum Gasteiger partial charge on any atom is 0.238 e. The number of pyridine rings is 1. The van der Waals surface area contributed by atoms with Crippen LogP contribution in [-0.2, 0) is 0 Å². The number of nitrogens with zero attached hydrogens (tertiary/aromatic N) is 1. The van der Waals surface area contributed by atoms with Crippen LogP contribution in [0.3, 0.4) is 0 Å². The fourth-order valence-electron chi connectivity index (χ4n) is 0.663. The molecule has 0 saturated heterocycles. The van der Waals surface area contributed by atoms with E-state index in [1.165, 1.54) is 0 Å². The molecule has 0 unspecified atom stereocenters. The van der Waals surface area contributed by atoms with Crippen LogP contribution >= 0.6 is 24.8 Å². The van der Waals surface area contributed by atoms with Crippen molar-refractivity contribution in [2.45, 2.75) is 0 Å². The van der Waals surface area contributed by atoms with Crippen LogP contribution < -0.4 is 16.0 Å². The Labute approximate surface area is 83.3 Å². The number of rotatable bonds is 2. The Morgan fingerprint density at radius 1 is 1.50 bits per heavy atom. The molecule has 0 bridgehead atoms. The van der Waals surface area contributed by atoms with Gasteiger partial charge in [-0.2, -0.15) is 0 Å². The van der Waals surface area contributed by atoms with Crippen molar-refractivity contribution in [3.05, 3.63) is 18.3 Å². The van der Waals surface area contributed by atoms with E-state index in [1.807, 2.05) is 0 Å². The summed E-state index contributed by atoms with van der Waals surface area (Å²) in [6.07, 6.45) is 1.64. The van der Waals surface area contributed by atoms with E-state index in [1.54, 1.807) is 25.4 Å². The van der Waals surface area contributed by atoms with Crippen LogP contribution in [0, 0.1) is 0 Å². The summed E-state index contributed by atoms with van der Waals surface area (Å²) in [5.41, 5.74) is 3.14. The lowest BCUT2D eigenvalue weighted by molar-refractivity contribution is 0.400. The second-order valence-electron chi connectivity index (χ2n) is 1.70. The summed E-state index contributed by atoms with van der Waals surface area (Å²) < 4.78 is 4.88. The summed E-state index contributed by atoms with van der Waals surface area (Å²) in [5, 5.41) is 0. The number of ether oxygens (including phenoxy) is 1. The molecule has 0 saturated carbocycles. The van der Waals surface area contributed by atoms with Gasteiger partial charge in [0.2, 0.25) is 5.88 Å². The van der Waals surface area contributed by atoms with Crippen LogP contribution in [0.15, 0.2) is 18.3 Å². The summed E-state index contributed by atoms with van der Waals surface area (Å²) in [5.74, 6) is 5.66. The monoisotopic (exact) mass is 211 g/mol. The van der Waals surface area contributed by atoms with Gasteiger partial charge < -0.3 is 10.2 Å². The Kier molecular flexibility index (Phi) is 8.04. The second-order valence-corrected chi connectivity index (χ2v) is 1.70. The molecule has 0 aliphatic rings. The zero-order valence-corrected chi connectivity index (χ0v) is 8.11. The van der Waals surface area contributed by atoms with E-state index < -0.39 is 0 Å². The van der Waals surface area contributed by atoms with Gasteiger partial charge in [0, 0.05) is 6.20 Å². The van der Waals surface area contributed by atoms with Gasteiger partial charge in [-0.25, -0.2) is 4.98 Å². The van der Waals surface area contributed by atoms with Crippen molar-refractivity contribution in [3.63, 3.8) is 0 Å². The third-order valence-corrected chi connectivity index (χ3v) is 1.12. The lowest BCUT2D eigenvalue weighted by Gasteiger charge is -2.03. The van der Waals surface area contributed by atoms with Crippen molar-refractivity contribution < 1.29 is 4.74 Å². The highest BCUT2D eigenvalue weighted by Crippen LogP contribution is 2.17. The maximum atomic E-state index is 5.16. The summed E-state index contributed by atoms with van der Waals surface area (Å²) >= 11 is 0. The number of nitrogen functional groups attached to an aromatic ring is 1.